The molecule has 0 amide bonds. The van der Waals surface area contributed by atoms with Gasteiger partial charge in [-0.05, 0) is 42.3 Å². The van der Waals surface area contributed by atoms with E-state index in [1.807, 2.05) is 61.5 Å². The van der Waals surface area contributed by atoms with Crippen molar-refractivity contribution in [2.24, 2.45) is 4.99 Å². The molecule has 0 aliphatic rings. The lowest BCUT2D eigenvalue weighted by atomic mass is 10.1. The Labute approximate surface area is 187 Å². The van der Waals surface area contributed by atoms with Crippen molar-refractivity contribution in [3.05, 3.63) is 77.9 Å². The summed E-state index contributed by atoms with van der Waals surface area (Å²) in [6.45, 7) is 2.76. The zero-order chi connectivity index (χ0) is 22.5. The van der Waals surface area contributed by atoms with Crippen LogP contribution < -0.4 is 14.8 Å². The second-order valence-corrected chi connectivity index (χ2v) is 7.40. The lowest BCUT2D eigenvalue weighted by Gasteiger charge is -2.09. The highest BCUT2D eigenvalue weighted by atomic mass is 16.5. The molecule has 0 unspecified atom stereocenters. The molecule has 0 aliphatic heterocycles. The molecule has 4 rings (SSSR count). The number of nitrogens with one attached hydrogen (secondary N) is 2. The van der Waals surface area contributed by atoms with Gasteiger partial charge in [-0.15, -0.1) is 0 Å². The molecule has 0 fully saturated rings. The van der Waals surface area contributed by atoms with Crippen LogP contribution >= 0.6 is 0 Å². The maximum absolute atomic E-state index is 10.6. The first kappa shape index (κ1) is 21.3. The Morgan fingerprint density at radius 3 is 2.31 bits per heavy atom. The zero-order valence-electron chi connectivity index (χ0n) is 18.5. The number of rotatable bonds is 8. The van der Waals surface area contributed by atoms with E-state index in [4.69, 9.17) is 14.5 Å². The smallest absolute Gasteiger partial charge is 0.198 e. The van der Waals surface area contributed by atoms with Gasteiger partial charge in [0.15, 0.2) is 17.4 Å². The molecule has 0 bridgehead atoms. The number of aromatic nitrogens is 1. The van der Waals surface area contributed by atoms with Crippen molar-refractivity contribution < 1.29 is 14.6 Å². The second-order valence-electron chi connectivity index (χ2n) is 7.40. The summed E-state index contributed by atoms with van der Waals surface area (Å²) < 4.78 is 10.8. The van der Waals surface area contributed by atoms with Crippen LogP contribution in [0.3, 0.4) is 0 Å². The van der Waals surface area contributed by atoms with E-state index >= 15 is 0 Å². The standard InChI is InChI=1S/C26H27N3O3/c1-4-21(25-20-14-23(31-2)24(32-3)15-22(20)29-26(25)30)28-19-12-10-17(11-13-19)16-27-18-8-6-5-7-9-18/h5-15,27,29-30H,4,16H2,1-3H3. The Balaban J connectivity index is 1.61. The Kier molecular flexibility index (Phi) is 6.31. The fourth-order valence-electron chi connectivity index (χ4n) is 3.72. The number of para-hydroxylation sites is 1. The summed E-state index contributed by atoms with van der Waals surface area (Å²) in [4.78, 5) is 7.86. The molecule has 0 aliphatic carbocycles. The molecule has 32 heavy (non-hydrogen) atoms. The highest BCUT2D eigenvalue weighted by Crippen LogP contribution is 2.37. The fraction of sp³-hybridized carbons (Fsp3) is 0.192. The average Bonchev–Trinajstić information content (AvgIpc) is 3.16. The minimum atomic E-state index is 0.0830. The molecular weight excluding hydrogens is 402 g/mol. The number of benzene rings is 3. The van der Waals surface area contributed by atoms with E-state index in [-0.39, 0.29) is 5.88 Å². The predicted molar refractivity (Wildman–Crippen MR) is 130 cm³/mol. The van der Waals surface area contributed by atoms with Crippen LogP contribution in [0.1, 0.15) is 24.5 Å². The summed E-state index contributed by atoms with van der Waals surface area (Å²) >= 11 is 0. The van der Waals surface area contributed by atoms with Crippen molar-refractivity contribution >= 4 is 28.0 Å². The summed E-state index contributed by atoms with van der Waals surface area (Å²) in [7, 11) is 3.18. The molecular formula is C26H27N3O3. The Bertz CT molecular complexity index is 1230. The number of ether oxygens (including phenoxy) is 2. The number of hydrogen-bond acceptors (Lipinski definition) is 5. The van der Waals surface area contributed by atoms with Gasteiger partial charge in [-0.1, -0.05) is 37.3 Å². The van der Waals surface area contributed by atoms with Gasteiger partial charge < -0.3 is 24.9 Å². The van der Waals surface area contributed by atoms with Crippen LogP contribution in [-0.4, -0.2) is 30.0 Å². The molecule has 3 N–H and O–H groups in total. The summed E-state index contributed by atoms with van der Waals surface area (Å²) in [5.41, 5.74) is 5.31. The first-order chi connectivity index (χ1) is 15.6. The first-order valence-electron chi connectivity index (χ1n) is 10.6. The topological polar surface area (TPSA) is 78.9 Å². The van der Waals surface area contributed by atoms with Crippen molar-refractivity contribution in [2.45, 2.75) is 19.9 Å². The number of aromatic hydroxyl groups is 1. The molecule has 0 saturated heterocycles. The van der Waals surface area contributed by atoms with Crippen LogP contribution in [0.15, 0.2) is 71.7 Å². The lowest BCUT2D eigenvalue weighted by Crippen LogP contribution is -1.99. The average molecular weight is 430 g/mol. The molecule has 0 spiro atoms. The van der Waals surface area contributed by atoms with Crippen LogP contribution in [0.5, 0.6) is 17.4 Å². The van der Waals surface area contributed by atoms with Gasteiger partial charge in [0.25, 0.3) is 0 Å². The van der Waals surface area contributed by atoms with E-state index in [1.54, 1.807) is 14.2 Å². The Morgan fingerprint density at radius 2 is 1.66 bits per heavy atom. The number of methoxy groups -OCH3 is 2. The normalized spacial score (nSPS) is 11.5. The van der Waals surface area contributed by atoms with E-state index < -0.39 is 0 Å². The minimum Gasteiger partial charge on any atom is -0.494 e. The highest BCUT2D eigenvalue weighted by molar-refractivity contribution is 6.14. The quantitative estimate of drug-likeness (QED) is 0.299. The van der Waals surface area contributed by atoms with Crippen LogP contribution in [-0.2, 0) is 6.54 Å². The van der Waals surface area contributed by atoms with E-state index in [0.29, 0.717) is 23.5 Å². The van der Waals surface area contributed by atoms with E-state index in [2.05, 4.69) is 22.4 Å². The van der Waals surface area contributed by atoms with Crippen LogP contribution in [0.2, 0.25) is 0 Å². The van der Waals surface area contributed by atoms with Gasteiger partial charge in [0.2, 0.25) is 0 Å². The molecule has 1 aromatic heterocycles. The number of aliphatic imine (C=N–C) groups is 1. The summed E-state index contributed by atoms with van der Waals surface area (Å²) in [5, 5.41) is 14.9. The Morgan fingerprint density at radius 1 is 0.969 bits per heavy atom. The molecule has 0 radical (unpaired) electrons. The maximum Gasteiger partial charge on any atom is 0.198 e. The molecule has 3 aromatic carbocycles. The van der Waals surface area contributed by atoms with Crippen molar-refractivity contribution in [3.63, 3.8) is 0 Å². The number of nitrogens with zero attached hydrogens (tertiary/aromatic N) is 1. The van der Waals surface area contributed by atoms with Crippen molar-refractivity contribution in [2.75, 3.05) is 19.5 Å². The lowest BCUT2D eigenvalue weighted by molar-refractivity contribution is 0.356. The van der Waals surface area contributed by atoms with E-state index in [9.17, 15) is 5.11 Å². The van der Waals surface area contributed by atoms with Crippen molar-refractivity contribution in [1.82, 2.24) is 4.98 Å². The highest BCUT2D eigenvalue weighted by Gasteiger charge is 2.18. The SMILES string of the molecule is CCC(=Nc1ccc(CNc2ccccc2)cc1)c1c(O)[nH]c2cc(OC)c(OC)cc12. The van der Waals surface area contributed by atoms with Crippen LogP contribution in [0.25, 0.3) is 10.9 Å². The maximum atomic E-state index is 10.6. The van der Waals surface area contributed by atoms with Gasteiger partial charge in [0.1, 0.15) is 0 Å². The van der Waals surface area contributed by atoms with Crippen LogP contribution in [0.4, 0.5) is 11.4 Å². The number of H-pyrrole nitrogens is 1. The third kappa shape index (κ3) is 4.39. The van der Waals surface area contributed by atoms with E-state index in [0.717, 1.165) is 40.1 Å². The third-order valence-corrected chi connectivity index (χ3v) is 5.38. The molecule has 0 atom stereocenters. The molecule has 6 nitrogen and oxygen atoms in total. The van der Waals surface area contributed by atoms with Crippen molar-refractivity contribution in [3.8, 4) is 17.4 Å². The third-order valence-electron chi connectivity index (χ3n) is 5.38. The molecule has 4 aromatic rings. The number of hydrogen-bond donors (Lipinski definition) is 3. The summed E-state index contributed by atoms with van der Waals surface area (Å²) in [5.74, 6) is 1.29. The van der Waals surface area contributed by atoms with Gasteiger partial charge in [0.05, 0.1) is 36.7 Å². The molecule has 6 heteroatoms. The molecule has 1 heterocycles. The van der Waals surface area contributed by atoms with Crippen LogP contribution in [0, 0.1) is 0 Å². The zero-order valence-corrected chi connectivity index (χ0v) is 18.5. The molecule has 0 saturated carbocycles. The largest absolute Gasteiger partial charge is 0.494 e. The van der Waals surface area contributed by atoms with Gasteiger partial charge in [0, 0.05) is 23.7 Å². The van der Waals surface area contributed by atoms with E-state index in [1.165, 1.54) is 0 Å². The predicted octanol–water partition coefficient (Wildman–Crippen LogP) is 6.03. The fourth-order valence-corrected chi connectivity index (χ4v) is 3.72. The summed E-state index contributed by atoms with van der Waals surface area (Å²) in [6.07, 6.45) is 0.659. The van der Waals surface area contributed by atoms with Gasteiger partial charge in [-0.25, -0.2) is 0 Å². The first-order valence-corrected chi connectivity index (χ1v) is 10.6. The minimum absolute atomic E-state index is 0.0830. The second kappa shape index (κ2) is 9.47. The molecule has 164 valence electrons. The Hall–Kier alpha value is -3.93. The number of fused-ring (bicyclic) bond motifs is 1. The monoisotopic (exact) mass is 429 g/mol. The van der Waals surface area contributed by atoms with Gasteiger partial charge in [-0.3, -0.25) is 4.99 Å². The summed E-state index contributed by atoms with van der Waals surface area (Å²) in [6, 6.07) is 21.9. The number of anilines is 1. The van der Waals surface area contributed by atoms with Crippen molar-refractivity contribution in [1.29, 1.82) is 0 Å². The number of aromatic amines is 1. The van der Waals surface area contributed by atoms with Gasteiger partial charge in [-0.2, -0.15) is 0 Å². The van der Waals surface area contributed by atoms with Gasteiger partial charge >= 0.3 is 0 Å².